The third-order valence-electron chi connectivity index (χ3n) is 3.70. The number of fused-ring (bicyclic) bond motifs is 1. The van der Waals surface area contributed by atoms with Crippen molar-refractivity contribution in [2.75, 3.05) is 0 Å². The van der Waals surface area contributed by atoms with Gasteiger partial charge < -0.3 is 10.5 Å². The molecule has 0 bridgehead atoms. The Morgan fingerprint density at radius 1 is 1.33 bits per heavy atom. The lowest BCUT2D eigenvalue weighted by molar-refractivity contribution is 0.0179. The van der Waals surface area contributed by atoms with E-state index in [9.17, 15) is 0 Å². The van der Waals surface area contributed by atoms with Crippen molar-refractivity contribution in [2.24, 2.45) is 5.73 Å². The van der Waals surface area contributed by atoms with Crippen molar-refractivity contribution in [3.8, 4) is 5.75 Å². The lowest BCUT2D eigenvalue weighted by Gasteiger charge is -2.41. The summed E-state index contributed by atoms with van der Waals surface area (Å²) in [5.41, 5.74) is 7.43. The Kier molecular flexibility index (Phi) is 4.33. The van der Waals surface area contributed by atoms with E-state index in [0.29, 0.717) is 0 Å². The Hall–Kier alpha value is -0.540. The molecule has 0 aliphatic carbocycles. The molecule has 0 fully saturated rings. The Bertz CT molecular complexity index is 413. The standard InChI is InChI=1S/C15H22BrNO/c1-3-7-15(8-4-2)10-13(17)12-9-11(16)5-6-14(12)18-15/h5-6,9,13H,3-4,7-8,10,17H2,1-2H3/t13-/m1/s1. The van der Waals surface area contributed by atoms with Crippen LogP contribution in [0.5, 0.6) is 5.75 Å². The van der Waals surface area contributed by atoms with Gasteiger partial charge in [0.1, 0.15) is 11.4 Å². The molecule has 2 N–H and O–H groups in total. The van der Waals surface area contributed by atoms with Crippen LogP contribution in [-0.4, -0.2) is 5.60 Å². The van der Waals surface area contributed by atoms with Crippen molar-refractivity contribution < 1.29 is 4.74 Å². The number of nitrogens with two attached hydrogens (primary N) is 1. The number of ether oxygens (including phenoxy) is 1. The van der Waals surface area contributed by atoms with Crippen LogP contribution in [0.15, 0.2) is 22.7 Å². The van der Waals surface area contributed by atoms with Crippen molar-refractivity contribution in [1.29, 1.82) is 0 Å². The summed E-state index contributed by atoms with van der Waals surface area (Å²) in [4.78, 5) is 0. The van der Waals surface area contributed by atoms with E-state index in [1.165, 1.54) is 0 Å². The van der Waals surface area contributed by atoms with Crippen LogP contribution in [0.1, 0.15) is 57.6 Å². The topological polar surface area (TPSA) is 35.2 Å². The first-order chi connectivity index (χ1) is 8.60. The minimum Gasteiger partial charge on any atom is -0.487 e. The summed E-state index contributed by atoms with van der Waals surface area (Å²) in [6.07, 6.45) is 5.38. The van der Waals surface area contributed by atoms with Crippen LogP contribution in [0.4, 0.5) is 0 Å². The summed E-state index contributed by atoms with van der Waals surface area (Å²) in [6.45, 7) is 4.42. The molecule has 100 valence electrons. The Morgan fingerprint density at radius 2 is 2.00 bits per heavy atom. The molecule has 0 saturated heterocycles. The van der Waals surface area contributed by atoms with Gasteiger partial charge in [-0.15, -0.1) is 0 Å². The highest BCUT2D eigenvalue weighted by atomic mass is 79.9. The summed E-state index contributed by atoms with van der Waals surface area (Å²) in [7, 11) is 0. The first-order valence-electron chi connectivity index (χ1n) is 6.84. The molecule has 3 heteroatoms. The lowest BCUT2D eigenvalue weighted by atomic mass is 9.81. The number of hydrogen-bond donors (Lipinski definition) is 1. The summed E-state index contributed by atoms with van der Waals surface area (Å²) >= 11 is 3.50. The molecule has 0 saturated carbocycles. The first kappa shape index (κ1) is 13.9. The molecule has 1 aromatic rings. The second-order valence-corrected chi connectivity index (χ2v) is 6.19. The van der Waals surface area contributed by atoms with Crippen LogP contribution in [0.2, 0.25) is 0 Å². The average Bonchev–Trinajstić information content (AvgIpc) is 2.31. The minimum absolute atomic E-state index is 0.0518. The molecule has 18 heavy (non-hydrogen) atoms. The fourth-order valence-corrected chi connectivity index (χ4v) is 3.41. The maximum Gasteiger partial charge on any atom is 0.124 e. The van der Waals surface area contributed by atoms with Crippen molar-refractivity contribution in [3.05, 3.63) is 28.2 Å². The molecule has 2 nitrogen and oxygen atoms in total. The Labute approximate surface area is 118 Å². The largest absolute Gasteiger partial charge is 0.487 e. The van der Waals surface area contributed by atoms with E-state index in [1.807, 2.05) is 12.1 Å². The highest BCUT2D eigenvalue weighted by molar-refractivity contribution is 9.10. The van der Waals surface area contributed by atoms with E-state index >= 15 is 0 Å². The second-order valence-electron chi connectivity index (χ2n) is 5.28. The summed E-state index contributed by atoms with van der Waals surface area (Å²) in [5, 5.41) is 0. The van der Waals surface area contributed by atoms with E-state index in [2.05, 4.69) is 35.8 Å². The second kappa shape index (κ2) is 5.62. The summed E-state index contributed by atoms with van der Waals surface area (Å²) in [6, 6.07) is 6.24. The molecule has 2 rings (SSSR count). The van der Waals surface area contributed by atoms with Gasteiger partial charge >= 0.3 is 0 Å². The van der Waals surface area contributed by atoms with E-state index in [0.717, 1.165) is 47.9 Å². The quantitative estimate of drug-likeness (QED) is 0.884. The van der Waals surface area contributed by atoms with E-state index in [-0.39, 0.29) is 11.6 Å². The third kappa shape index (κ3) is 2.72. The molecule has 1 aliphatic heterocycles. The van der Waals surface area contributed by atoms with Gasteiger partial charge in [0.05, 0.1) is 0 Å². The van der Waals surface area contributed by atoms with Crippen LogP contribution in [-0.2, 0) is 0 Å². The molecule has 0 spiro atoms. The predicted octanol–water partition coefficient (Wildman–Crippen LogP) is 4.57. The van der Waals surface area contributed by atoms with Gasteiger partial charge in [0.25, 0.3) is 0 Å². The van der Waals surface area contributed by atoms with Crippen molar-refractivity contribution in [1.82, 2.24) is 0 Å². The van der Waals surface area contributed by atoms with E-state index in [4.69, 9.17) is 10.5 Å². The van der Waals surface area contributed by atoms with E-state index < -0.39 is 0 Å². The van der Waals surface area contributed by atoms with Gasteiger partial charge in [-0.25, -0.2) is 0 Å². The SMILES string of the molecule is CCCC1(CCC)C[C@@H](N)c2cc(Br)ccc2O1. The first-order valence-corrected chi connectivity index (χ1v) is 7.63. The van der Waals surface area contributed by atoms with Crippen LogP contribution in [0.25, 0.3) is 0 Å². The van der Waals surface area contributed by atoms with E-state index in [1.54, 1.807) is 0 Å². The van der Waals surface area contributed by atoms with Crippen LogP contribution in [0.3, 0.4) is 0 Å². The smallest absolute Gasteiger partial charge is 0.124 e. The zero-order valence-corrected chi connectivity index (χ0v) is 12.8. The van der Waals surface area contributed by atoms with Gasteiger partial charge in [-0.2, -0.15) is 0 Å². The van der Waals surface area contributed by atoms with Gasteiger partial charge in [0.2, 0.25) is 0 Å². The molecule has 0 radical (unpaired) electrons. The zero-order chi connectivity index (χ0) is 13.2. The van der Waals surface area contributed by atoms with Gasteiger partial charge in [0.15, 0.2) is 0 Å². The van der Waals surface area contributed by atoms with Gasteiger partial charge in [-0.1, -0.05) is 42.6 Å². The van der Waals surface area contributed by atoms with Crippen LogP contribution < -0.4 is 10.5 Å². The predicted molar refractivity (Wildman–Crippen MR) is 78.9 cm³/mol. The fourth-order valence-electron chi connectivity index (χ4n) is 3.03. The van der Waals surface area contributed by atoms with Gasteiger partial charge in [-0.05, 0) is 31.0 Å². The van der Waals surface area contributed by atoms with Crippen molar-refractivity contribution in [2.45, 2.75) is 57.6 Å². The van der Waals surface area contributed by atoms with Crippen LogP contribution >= 0.6 is 15.9 Å². The fraction of sp³-hybridized carbons (Fsp3) is 0.600. The monoisotopic (exact) mass is 311 g/mol. The molecular formula is C15H22BrNO. The Morgan fingerprint density at radius 3 is 2.61 bits per heavy atom. The number of halogens is 1. The van der Waals surface area contributed by atoms with Crippen molar-refractivity contribution in [3.63, 3.8) is 0 Å². The summed E-state index contributed by atoms with van der Waals surface area (Å²) < 4.78 is 7.39. The number of hydrogen-bond acceptors (Lipinski definition) is 2. The zero-order valence-electron chi connectivity index (χ0n) is 11.2. The highest BCUT2D eigenvalue weighted by Gasteiger charge is 2.38. The lowest BCUT2D eigenvalue weighted by Crippen LogP contribution is -2.42. The molecule has 1 aromatic carbocycles. The molecule has 1 aliphatic rings. The molecule has 0 amide bonds. The minimum atomic E-state index is -0.0518. The summed E-state index contributed by atoms with van der Waals surface area (Å²) in [5.74, 6) is 0.971. The van der Waals surface area contributed by atoms with Crippen molar-refractivity contribution >= 4 is 15.9 Å². The third-order valence-corrected chi connectivity index (χ3v) is 4.19. The molecule has 0 aromatic heterocycles. The maximum atomic E-state index is 6.35. The molecular weight excluding hydrogens is 290 g/mol. The van der Waals surface area contributed by atoms with Gasteiger partial charge in [-0.3, -0.25) is 0 Å². The molecule has 1 heterocycles. The Balaban J connectivity index is 2.32. The number of benzene rings is 1. The number of rotatable bonds is 4. The highest BCUT2D eigenvalue weighted by Crippen LogP contribution is 2.43. The molecule has 1 atom stereocenters. The normalized spacial score (nSPS) is 21.2. The maximum absolute atomic E-state index is 6.35. The van der Waals surface area contributed by atoms with Gasteiger partial charge in [0, 0.05) is 22.5 Å². The molecule has 0 unspecified atom stereocenters. The van der Waals surface area contributed by atoms with Crippen LogP contribution in [0, 0.1) is 0 Å². The average molecular weight is 312 g/mol.